The Bertz CT molecular complexity index is 801. The molecule has 3 rings (SSSR count). The molecule has 3 nitrogen and oxygen atoms in total. The average Bonchev–Trinajstić information content (AvgIpc) is 3.14. The summed E-state index contributed by atoms with van der Waals surface area (Å²) in [6.45, 7) is 0. The molecule has 0 radical (unpaired) electrons. The molecule has 1 unspecified atom stereocenters. The van der Waals surface area contributed by atoms with Crippen LogP contribution in [0.4, 0.5) is 0 Å². The van der Waals surface area contributed by atoms with E-state index in [-0.39, 0.29) is 0 Å². The maximum absolute atomic E-state index is 11.6. The molecule has 1 aromatic carbocycles. The van der Waals surface area contributed by atoms with E-state index in [1.165, 1.54) is 28.5 Å². The minimum Gasteiger partial charge on any atom is -0.468 e. The summed E-state index contributed by atoms with van der Waals surface area (Å²) in [5.74, 6) is -1.35. The Morgan fingerprint density at radius 2 is 2.05 bits per heavy atom. The summed E-state index contributed by atoms with van der Waals surface area (Å²) in [5.41, 5.74) is 2.16. The molecule has 0 fully saturated rings. The molecule has 2 heterocycles. The molecule has 0 amide bonds. The minimum atomic E-state index is -0.835. The molecule has 1 atom stereocenters. The Labute approximate surface area is 129 Å². The lowest BCUT2D eigenvalue weighted by Gasteiger charge is -2.04. The number of ether oxygens (including phenoxy) is 1. The van der Waals surface area contributed by atoms with Crippen molar-refractivity contribution in [3.63, 3.8) is 0 Å². The van der Waals surface area contributed by atoms with Crippen molar-refractivity contribution in [1.29, 1.82) is 0 Å². The molecule has 0 aliphatic heterocycles. The van der Waals surface area contributed by atoms with E-state index in [4.69, 9.17) is 0 Å². The quantitative estimate of drug-likeness (QED) is 0.414. The van der Waals surface area contributed by atoms with Crippen molar-refractivity contribution in [3.05, 3.63) is 46.0 Å². The summed E-state index contributed by atoms with van der Waals surface area (Å²) >= 11 is 3.09. The Morgan fingerprint density at radius 3 is 2.81 bits per heavy atom. The van der Waals surface area contributed by atoms with Gasteiger partial charge in [-0.2, -0.15) is 0 Å². The van der Waals surface area contributed by atoms with Gasteiger partial charge in [0.1, 0.15) is 12.2 Å². The van der Waals surface area contributed by atoms with Crippen molar-refractivity contribution < 1.29 is 14.3 Å². The number of esters is 1. The fourth-order valence-corrected chi connectivity index (χ4v) is 4.15. The number of methoxy groups -OCH3 is 1. The third-order valence-corrected chi connectivity index (χ3v) is 5.29. The van der Waals surface area contributed by atoms with Crippen LogP contribution in [0.25, 0.3) is 21.2 Å². The summed E-state index contributed by atoms with van der Waals surface area (Å²) in [4.78, 5) is 23.4. The van der Waals surface area contributed by atoms with Crippen molar-refractivity contribution in [2.24, 2.45) is 0 Å². The van der Waals surface area contributed by atoms with Gasteiger partial charge in [0.2, 0.25) is 0 Å². The zero-order valence-electron chi connectivity index (χ0n) is 11.2. The predicted molar refractivity (Wildman–Crippen MR) is 86.0 cm³/mol. The highest BCUT2D eigenvalue weighted by Gasteiger charge is 2.23. The highest BCUT2D eigenvalue weighted by atomic mass is 32.1. The number of thiophene rings is 2. The first-order valence-corrected chi connectivity index (χ1v) is 8.08. The second-order valence-electron chi connectivity index (χ2n) is 4.52. The topological polar surface area (TPSA) is 43.4 Å². The fourth-order valence-electron chi connectivity index (χ4n) is 2.22. The molecule has 0 aliphatic carbocycles. The molecule has 0 saturated heterocycles. The highest BCUT2D eigenvalue weighted by molar-refractivity contribution is 7.17. The van der Waals surface area contributed by atoms with Gasteiger partial charge in [-0.1, -0.05) is 18.2 Å². The summed E-state index contributed by atoms with van der Waals surface area (Å²) in [6.07, 6.45) is 0.632. The number of aldehydes is 1. The number of hydrogen-bond donors (Lipinski definition) is 0. The molecule has 0 spiro atoms. The van der Waals surface area contributed by atoms with Crippen LogP contribution in [0.15, 0.2) is 41.1 Å². The van der Waals surface area contributed by atoms with Crippen LogP contribution in [-0.2, 0) is 14.3 Å². The van der Waals surface area contributed by atoms with Gasteiger partial charge in [-0.25, -0.2) is 0 Å². The van der Waals surface area contributed by atoms with Crippen molar-refractivity contribution in [3.8, 4) is 11.1 Å². The van der Waals surface area contributed by atoms with E-state index in [9.17, 15) is 9.59 Å². The van der Waals surface area contributed by atoms with Crippen LogP contribution in [0.1, 0.15) is 10.8 Å². The van der Waals surface area contributed by atoms with Crippen LogP contribution in [0, 0.1) is 0 Å². The number of hydrogen-bond acceptors (Lipinski definition) is 5. The molecule has 0 saturated carbocycles. The lowest BCUT2D eigenvalue weighted by molar-refractivity contribution is -0.143. The Morgan fingerprint density at radius 1 is 1.24 bits per heavy atom. The second-order valence-corrected chi connectivity index (χ2v) is 6.37. The molecule has 0 bridgehead atoms. The largest absolute Gasteiger partial charge is 0.468 e. The van der Waals surface area contributed by atoms with Gasteiger partial charge in [0.05, 0.1) is 7.11 Å². The third kappa shape index (κ3) is 2.50. The van der Waals surface area contributed by atoms with Gasteiger partial charge in [0.25, 0.3) is 0 Å². The number of fused-ring (bicyclic) bond motifs is 1. The maximum atomic E-state index is 11.6. The average molecular weight is 316 g/mol. The molecule has 3 aromatic rings. The van der Waals surface area contributed by atoms with E-state index < -0.39 is 11.9 Å². The van der Waals surface area contributed by atoms with Crippen LogP contribution in [0.5, 0.6) is 0 Å². The Balaban J connectivity index is 2.02. The van der Waals surface area contributed by atoms with Crippen molar-refractivity contribution in [1.82, 2.24) is 0 Å². The van der Waals surface area contributed by atoms with Crippen LogP contribution in [0.2, 0.25) is 0 Å². The molecule has 21 heavy (non-hydrogen) atoms. The zero-order chi connectivity index (χ0) is 14.8. The Kier molecular flexibility index (Phi) is 3.86. The minimum absolute atomic E-state index is 0.520. The van der Waals surface area contributed by atoms with E-state index in [1.54, 1.807) is 11.3 Å². The lowest BCUT2D eigenvalue weighted by atomic mass is 10.0. The maximum Gasteiger partial charge on any atom is 0.321 e. The normalized spacial score (nSPS) is 12.2. The fraction of sp³-hybridized carbons (Fsp3) is 0.125. The molecule has 2 aromatic heterocycles. The van der Waals surface area contributed by atoms with Gasteiger partial charge in [-0.3, -0.25) is 4.79 Å². The van der Waals surface area contributed by atoms with Crippen molar-refractivity contribution in [2.45, 2.75) is 5.92 Å². The zero-order valence-corrected chi connectivity index (χ0v) is 12.9. The number of rotatable bonds is 4. The van der Waals surface area contributed by atoms with E-state index in [0.717, 1.165) is 11.1 Å². The van der Waals surface area contributed by atoms with Crippen LogP contribution in [0.3, 0.4) is 0 Å². The van der Waals surface area contributed by atoms with Crippen LogP contribution in [-0.4, -0.2) is 19.4 Å². The predicted octanol–water partition coefficient (Wildman–Crippen LogP) is 4.09. The summed E-state index contributed by atoms with van der Waals surface area (Å²) in [7, 11) is 1.29. The van der Waals surface area contributed by atoms with Crippen LogP contribution < -0.4 is 0 Å². The standard InChI is InChI=1S/C16H12O3S2/c1-19-16(18)12(7-17)15-6-10(8-20-15)13-9-21-14-5-3-2-4-11(13)14/h2-9,12H,1H3. The molecule has 0 aliphatic rings. The Hall–Kier alpha value is -1.98. The summed E-state index contributed by atoms with van der Waals surface area (Å²) in [5, 5.41) is 5.26. The van der Waals surface area contributed by atoms with E-state index in [1.807, 2.05) is 23.6 Å². The van der Waals surface area contributed by atoms with E-state index >= 15 is 0 Å². The smallest absolute Gasteiger partial charge is 0.321 e. The molecule has 5 heteroatoms. The first-order chi connectivity index (χ1) is 10.2. The molecular formula is C16H12O3S2. The van der Waals surface area contributed by atoms with Gasteiger partial charge in [-0.15, -0.1) is 22.7 Å². The first-order valence-electron chi connectivity index (χ1n) is 6.32. The van der Waals surface area contributed by atoms with Gasteiger partial charge >= 0.3 is 5.97 Å². The number of carbonyl (C=O) groups excluding carboxylic acids is 2. The second kappa shape index (κ2) is 5.79. The third-order valence-electron chi connectivity index (χ3n) is 3.31. The monoisotopic (exact) mass is 316 g/mol. The van der Waals surface area contributed by atoms with Crippen LogP contribution >= 0.6 is 22.7 Å². The molecule has 106 valence electrons. The SMILES string of the molecule is COC(=O)C(C=O)c1cc(-c2csc3ccccc23)cs1. The number of carbonyl (C=O) groups is 2. The summed E-state index contributed by atoms with van der Waals surface area (Å²) in [6, 6.07) is 10.1. The van der Waals surface area contributed by atoms with Gasteiger partial charge in [0.15, 0.2) is 0 Å². The van der Waals surface area contributed by atoms with Crippen molar-refractivity contribution in [2.75, 3.05) is 7.11 Å². The highest BCUT2D eigenvalue weighted by Crippen LogP contribution is 2.37. The lowest BCUT2D eigenvalue weighted by Crippen LogP contribution is -2.14. The molecule has 0 N–H and O–H groups in total. The molecular weight excluding hydrogens is 304 g/mol. The van der Waals surface area contributed by atoms with E-state index in [2.05, 4.69) is 22.2 Å². The van der Waals surface area contributed by atoms with Gasteiger partial charge < -0.3 is 9.53 Å². The van der Waals surface area contributed by atoms with E-state index in [0.29, 0.717) is 11.2 Å². The van der Waals surface area contributed by atoms with Gasteiger partial charge in [-0.05, 0) is 28.5 Å². The number of benzene rings is 1. The van der Waals surface area contributed by atoms with Crippen molar-refractivity contribution >= 4 is 45.0 Å². The summed E-state index contributed by atoms with van der Waals surface area (Å²) < 4.78 is 5.89. The van der Waals surface area contributed by atoms with Gasteiger partial charge in [0, 0.05) is 20.5 Å². The first kappa shape index (κ1) is 14.0.